The van der Waals surface area contributed by atoms with Gasteiger partial charge in [0, 0.05) is 6.92 Å². The van der Waals surface area contributed by atoms with Crippen LogP contribution in [0.1, 0.15) is 20.3 Å². The molecule has 0 rings (SSSR count). The Kier molecular flexibility index (Phi) is 5.88. The largest absolute Gasteiger partial charge is 0.394 e. The van der Waals surface area contributed by atoms with Gasteiger partial charge in [-0.1, -0.05) is 6.92 Å². The van der Waals surface area contributed by atoms with Crippen LogP contribution in [0, 0.1) is 0 Å². The van der Waals surface area contributed by atoms with E-state index in [1.54, 1.807) is 0 Å². The van der Waals surface area contributed by atoms with Gasteiger partial charge in [0.25, 0.3) is 0 Å². The maximum absolute atomic E-state index is 11.0. The lowest BCUT2D eigenvalue weighted by Crippen LogP contribution is -2.42. The molecule has 0 aromatic heterocycles. The molecule has 0 heterocycles. The zero-order valence-corrected chi connectivity index (χ0v) is 7.96. The Balaban J connectivity index is 3.66. The average Bonchev–Trinajstić information content (AvgIpc) is 2.10. The van der Waals surface area contributed by atoms with Crippen LogP contribution >= 0.6 is 0 Å². The Morgan fingerprint density at radius 1 is 1.46 bits per heavy atom. The summed E-state index contributed by atoms with van der Waals surface area (Å²) < 4.78 is 0. The highest BCUT2D eigenvalue weighted by molar-refractivity contribution is 5.83. The number of aliphatic hydroxyl groups excluding tert-OH is 1. The maximum Gasteiger partial charge on any atom is 0.239 e. The van der Waals surface area contributed by atoms with Crippen LogP contribution in [0.2, 0.25) is 0 Å². The van der Waals surface area contributed by atoms with Crippen molar-refractivity contribution < 1.29 is 14.7 Å². The van der Waals surface area contributed by atoms with E-state index in [4.69, 9.17) is 5.11 Å². The molecule has 0 radical (unpaired) electrons. The second kappa shape index (κ2) is 6.42. The predicted octanol–water partition coefficient (Wildman–Crippen LogP) is -0.990. The van der Waals surface area contributed by atoms with E-state index in [9.17, 15) is 9.59 Å². The van der Waals surface area contributed by atoms with Crippen LogP contribution in [0.15, 0.2) is 0 Å². The molecule has 0 spiro atoms. The Bertz CT molecular complexity index is 178. The van der Waals surface area contributed by atoms with Gasteiger partial charge in [0.1, 0.15) is 0 Å². The molecule has 13 heavy (non-hydrogen) atoms. The highest BCUT2D eigenvalue weighted by Gasteiger charge is 2.08. The highest BCUT2D eigenvalue weighted by Crippen LogP contribution is 1.87. The molecular formula is C8H16N2O3. The highest BCUT2D eigenvalue weighted by atomic mass is 16.3. The van der Waals surface area contributed by atoms with E-state index in [0.29, 0.717) is 6.42 Å². The molecule has 0 fully saturated rings. The fourth-order valence-corrected chi connectivity index (χ4v) is 0.760. The molecule has 1 unspecified atom stereocenters. The molecule has 0 bridgehead atoms. The first-order valence-corrected chi connectivity index (χ1v) is 4.24. The van der Waals surface area contributed by atoms with Crippen LogP contribution in [0.3, 0.4) is 0 Å². The smallest absolute Gasteiger partial charge is 0.239 e. The first-order valence-electron chi connectivity index (χ1n) is 4.24. The van der Waals surface area contributed by atoms with Gasteiger partial charge in [-0.3, -0.25) is 9.59 Å². The third kappa shape index (κ3) is 6.10. The minimum absolute atomic E-state index is 0.0359. The van der Waals surface area contributed by atoms with E-state index in [0.717, 1.165) is 0 Å². The van der Waals surface area contributed by atoms with Crippen molar-refractivity contribution in [2.24, 2.45) is 0 Å². The van der Waals surface area contributed by atoms with Crippen molar-refractivity contribution >= 4 is 11.8 Å². The lowest BCUT2D eigenvalue weighted by atomic mass is 10.2. The number of hydrogen-bond acceptors (Lipinski definition) is 3. The SMILES string of the molecule is CCC(CO)NC(=O)CNC(C)=O. The molecule has 3 N–H and O–H groups in total. The van der Waals surface area contributed by atoms with Gasteiger partial charge >= 0.3 is 0 Å². The summed E-state index contributed by atoms with van der Waals surface area (Å²) in [5, 5.41) is 13.7. The van der Waals surface area contributed by atoms with Gasteiger partial charge in [0.2, 0.25) is 11.8 Å². The summed E-state index contributed by atoms with van der Waals surface area (Å²) in [6.07, 6.45) is 0.669. The van der Waals surface area contributed by atoms with Crippen LogP contribution in [-0.4, -0.2) is 36.1 Å². The van der Waals surface area contributed by atoms with Crippen molar-refractivity contribution in [1.29, 1.82) is 0 Å². The molecule has 0 aromatic rings. The van der Waals surface area contributed by atoms with Crippen molar-refractivity contribution in [2.75, 3.05) is 13.2 Å². The summed E-state index contributed by atoms with van der Waals surface area (Å²) in [6.45, 7) is 3.09. The summed E-state index contributed by atoms with van der Waals surface area (Å²) in [6, 6.07) is -0.221. The first-order chi connectivity index (χ1) is 6.10. The van der Waals surface area contributed by atoms with Crippen molar-refractivity contribution in [3.8, 4) is 0 Å². The van der Waals surface area contributed by atoms with Crippen molar-refractivity contribution in [3.05, 3.63) is 0 Å². The minimum atomic E-state index is -0.281. The summed E-state index contributed by atoms with van der Waals surface area (Å²) in [4.78, 5) is 21.5. The van der Waals surface area contributed by atoms with Crippen LogP contribution in [-0.2, 0) is 9.59 Å². The van der Waals surface area contributed by atoms with Crippen LogP contribution in [0.25, 0.3) is 0 Å². The molecule has 5 nitrogen and oxygen atoms in total. The zero-order chi connectivity index (χ0) is 10.3. The summed E-state index contributed by atoms with van der Waals surface area (Å²) in [5.74, 6) is -0.525. The lowest BCUT2D eigenvalue weighted by molar-refractivity contribution is -0.125. The van der Waals surface area contributed by atoms with Crippen LogP contribution in [0.4, 0.5) is 0 Å². The standard InChI is InChI=1S/C8H16N2O3/c1-3-7(5-11)10-8(13)4-9-6(2)12/h7,11H,3-5H2,1-2H3,(H,9,12)(H,10,13). The maximum atomic E-state index is 11.0. The van der Waals surface area contributed by atoms with E-state index in [-0.39, 0.29) is 31.0 Å². The molecule has 0 aromatic carbocycles. The van der Waals surface area contributed by atoms with Gasteiger partial charge in [-0.25, -0.2) is 0 Å². The summed E-state index contributed by atoms with van der Waals surface area (Å²) in [7, 11) is 0. The monoisotopic (exact) mass is 188 g/mol. The fourth-order valence-electron chi connectivity index (χ4n) is 0.760. The minimum Gasteiger partial charge on any atom is -0.394 e. The Morgan fingerprint density at radius 2 is 2.08 bits per heavy atom. The number of aliphatic hydroxyl groups is 1. The van der Waals surface area contributed by atoms with Gasteiger partial charge < -0.3 is 15.7 Å². The summed E-state index contributed by atoms with van der Waals surface area (Å²) >= 11 is 0. The molecular weight excluding hydrogens is 172 g/mol. The summed E-state index contributed by atoms with van der Waals surface area (Å²) in [5.41, 5.74) is 0. The Labute approximate surface area is 77.5 Å². The normalized spacial score (nSPS) is 11.9. The number of nitrogens with one attached hydrogen (secondary N) is 2. The molecule has 0 aliphatic carbocycles. The van der Waals surface area contributed by atoms with Gasteiger partial charge in [0.15, 0.2) is 0 Å². The molecule has 2 amide bonds. The van der Waals surface area contributed by atoms with E-state index in [1.165, 1.54) is 6.92 Å². The Morgan fingerprint density at radius 3 is 2.46 bits per heavy atom. The van der Waals surface area contributed by atoms with E-state index < -0.39 is 0 Å². The molecule has 0 saturated carbocycles. The third-order valence-electron chi connectivity index (χ3n) is 1.58. The second-order valence-electron chi connectivity index (χ2n) is 2.76. The number of carbonyl (C=O) groups excluding carboxylic acids is 2. The van der Waals surface area contributed by atoms with E-state index in [2.05, 4.69) is 10.6 Å². The predicted molar refractivity (Wildman–Crippen MR) is 48.0 cm³/mol. The molecule has 0 saturated heterocycles. The van der Waals surface area contributed by atoms with Gasteiger partial charge in [-0.15, -0.1) is 0 Å². The fraction of sp³-hybridized carbons (Fsp3) is 0.750. The van der Waals surface area contributed by atoms with Crippen molar-refractivity contribution in [1.82, 2.24) is 10.6 Å². The molecule has 1 atom stereocenters. The molecule has 0 aliphatic rings. The third-order valence-corrected chi connectivity index (χ3v) is 1.58. The zero-order valence-electron chi connectivity index (χ0n) is 7.96. The van der Waals surface area contributed by atoms with Crippen molar-refractivity contribution in [3.63, 3.8) is 0 Å². The van der Waals surface area contributed by atoms with Crippen molar-refractivity contribution in [2.45, 2.75) is 26.3 Å². The van der Waals surface area contributed by atoms with Crippen LogP contribution < -0.4 is 10.6 Å². The lowest BCUT2D eigenvalue weighted by Gasteiger charge is -2.13. The first kappa shape index (κ1) is 11.9. The number of rotatable bonds is 5. The second-order valence-corrected chi connectivity index (χ2v) is 2.76. The topological polar surface area (TPSA) is 78.4 Å². The Hall–Kier alpha value is -1.10. The molecule has 76 valence electrons. The number of hydrogen-bond donors (Lipinski definition) is 3. The quantitative estimate of drug-likeness (QED) is 0.518. The van der Waals surface area contributed by atoms with E-state index in [1.807, 2.05) is 6.92 Å². The number of carbonyl (C=O) groups is 2. The number of amides is 2. The average molecular weight is 188 g/mol. The van der Waals surface area contributed by atoms with Gasteiger partial charge in [-0.05, 0) is 6.42 Å². The van der Waals surface area contributed by atoms with E-state index >= 15 is 0 Å². The molecule has 5 heteroatoms. The van der Waals surface area contributed by atoms with Gasteiger partial charge in [0.05, 0.1) is 19.2 Å². The van der Waals surface area contributed by atoms with Crippen LogP contribution in [0.5, 0.6) is 0 Å². The molecule has 0 aliphatic heterocycles. The van der Waals surface area contributed by atoms with Gasteiger partial charge in [-0.2, -0.15) is 0 Å².